The van der Waals surface area contributed by atoms with E-state index in [-0.39, 0.29) is 11.8 Å². The number of carboxylic acid groups (broad SMARTS) is 1. The summed E-state index contributed by atoms with van der Waals surface area (Å²) in [6, 6.07) is 7.93. The minimum absolute atomic E-state index is 0.0379. The molecule has 1 aromatic carbocycles. The van der Waals surface area contributed by atoms with Crippen LogP contribution in [-0.4, -0.2) is 91.4 Å². The SMILES string of the molecule is CC1CC(=O)NN=C1c1ccc2[nH]c(-c3cc(-c4cnn(CCN5CCOCC5)c4)cnc3N)nc2c1.O=C(O)C(F)(F)F. The number of nitrogens with two attached hydrogens (primary N) is 1. The molecule has 1 saturated heterocycles. The lowest BCUT2D eigenvalue weighted by Gasteiger charge is -2.26. The Hall–Kier alpha value is -4.83. The average molecular weight is 614 g/mol. The molecule has 4 aromatic rings. The number of rotatable bonds is 6. The molecule has 0 spiro atoms. The van der Waals surface area contributed by atoms with Crippen LogP contribution in [0.25, 0.3) is 33.5 Å². The Labute approximate surface area is 248 Å². The Balaban J connectivity index is 0.000000493. The Bertz CT molecular complexity index is 1690. The quantitative estimate of drug-likeness (QED) is 0.255. The van der Waals surface area contributed by atoms with Gasteiger partial charge in [0.15, 0.2) is 0 Å². The number of carbonyl (C=O) groups is 2. The van der Waals surface area contributed by atoms with Crippen molar-refractivity contribution >= 4 is 34.4 Å². The fourth-order valence-electron chi connectivity index (χ4n) is 4.82. The van der Waals surface area contributed by atoms with Crippen molar-refractivity contribution in [3.63, 3.8) is 0 Å². The summed E-state index contributed by atoms with van der Waals surface area (Å²) in [4.78, 5) is 35.5. The molecule has 0 radical (unpaired) electrons. The molecule has 3 aromatic heterocycles. The number of halogens is 3. The van der Waals surface area contributed by atoms with E-state index in [4.69, 9.17) is 25.4 Å². The van der Waals surface area contributed by atoms with E-state index in [1.807, 2.05) is 48.3 Å². The Kier molecular flexibility index (Phi) is 8.91. The molecular weight excluding hydrogens is 583 g/mol. The number of morpholine rings is 1. The number of aromatic amines is 1. The number of nitrogens with zero attached hydrogens (tertiary/aromatic N) is 6. The maximum absolute atomic E-state index is 11.6. The molecule has 1 unspecified atom stereocenters. The number of carboxylic acids is 1. The van der Waals surface area contributed by atoms with Gasteiger partial charge in [-0.1, -0.05) is 13.0 Å². The van der Waals surface area contributed by atoms with Crippen molar-refractivity contribution in [3.05, 3.63) is 48.4 Å². The first-order valence-corrected chi connectivity index (χ1v) is 13.7. The summed E-state index contributed by atoms with van der Waals surface area (Å²) in [5.41, 5.74) is 14.9. The molecule has 44 heavy (non-hydrogen) atoms. The monoisotopic (exact) mass is 613 g/mol. The second-order valence-electron chi connectivity index (χ2n) is 10.4. The van der Waals surface area contributed by atoms with Gasteiger partial charge in [-0.2, -0.15) is 23.4 Å². The van der Waals surface area contributed by atoms with E-state index in [2.05, 4.69) is 30.5 Å². The highest BCUT2D eigenvalue weighted by Crippen LogP contribution is 2.30. The zero-order chi connectivity index (χ0) is 31.4. The van der Waals surface area contributed by atoms with Crippen molar-refractivity contribution in [1.82, 2.24) is 35.1 Å². The Morgan fingerprint density at radius 2 is 1.89 bits per heavy atom. The number of alkyl halides is 3. The van der Waals surface area contributed by atoms with Crippen LogP contribution in [0.5, 0.6) is 0 Å². The number of aliphatic carboxylic acids is 1. The van der Waals surface area contributed by atoms with Gasteiger partial charge in [0.25, 0.3) is 0 Å². The molecule has 1 atom stereocenters. The van der Waals surface area contributed by atoms with Gasteiger partial charge in [0, 0.05) is 61.1 Å². The van der Waals surface area contributed by atoms with Gasteiger partial charge in [0.05, 0.1) is 48.3 Å². The number of fused-ring (bicyclic) bond motifs is 1. The zero-order valence-corrected chi connectivity index (χ0v) is 23.6. The predicted molar refractivity (Wildman–Crippen MR) is 154 cm³/mol. The van der Waals surface area contributed by atoms with E-state index in [1.54, 1.807) is 6.20 Å². The van der Waals surface area contributed by atoms with Crippen molar-refractivity contribution in [2.24, 2.45) is 11.0 Å². The number of hydrogen-bond donors (Lipinski definition) is 4. The molecule has 0 saturated carbocycles. The highest BCUT2D eigenvalue weighted by molar-refractivity contribution is 6.07. The van der Waals surface area contributed by atoms with Gasteiger partial charge in [-0.25, -0.2) is 20.2 Å². The molecule has 2 aliphatic rings. The number of hydrazone groups is 1. The molecule has 16 heteroatoms. The second-order valence-corrected chi connectivity index (χ2v) is 10.4. The van der Waals surface area contributed by atoms with Gasteiger partial charge in [-0.15, -0.1) is 0 Å². The maximum atomic E-state index is 11.6. The highest BCUT2D eigenvalue weighted by atomic mass is 19.4. The van der Waals surface area contributed by atoms with E-state index in [0.717, 1.165) is 78.4 Å². The normalized spacial score (nSPS) is 17.5. The molecule has 1 fully saturated rings. The van der Waals surface area contributed by atoms with Crippen LogP contribution in [0.1, 0.15) is 18.9 Å². The van der Waals surface area contributed by atoms with Crippen LogP contribution in [0.3, 0.4) is 0 Å². The number of imidazole rings is 1. The molecule has 13 nitrogen and oxygen atoms in total. The van der Waals surface area contributed by atoms with E-state index in [1.165, 1.54) is 0 Å². The average Bonchev–Trinajstić information content (AvgIpc) is 3.64. The molecule has 2 aliphatic heterocycles. The zero-order valence-electron chi connectivity index (χ0n) is 23.6. The van der Waals surface area contributed by atoms with Crippen molar-refractivity contribution in [2.75, 3.05) is 38.6 Å². The molecule has 1 amide bonds. The number of carbonyl (C=O) groups excluding carboxylic acids is 1. The van der Waals surface area contributed by atoms with E-state index < -0.39 is 12.1 Å². The summed E-state index contributed by atoms with van der Waals surface area (Å²) in [6.07, 6.45) is 0.987. The molecule has 6 rings (SSSR count). The van der Waals surface area contributed by atoms with Crippen molar-refractivity contribution in [2.45, 2.75) is 26.1 Å². The number of nitrogens with one attached hydrogen (secondary N) is 2. The number of benzene rings is 1. The number of H-pyrrole nitrogens is 1. The summed E-state index contributed by atoms with van der Waals surface area (Å²) >= 11 is 0. The molecule has 232 valence electrons. The number of ether oxygens (including phenoxy) is 1. The smallest absolute Gasteiger partial charge is 0.475 e. The topological polar surface area (TPSA) is 177 Å². The summed E-state index contributed by atoms with van der Waals surface area (Å²) in [5, 5.41) is 15.9. The first-order chi connectivity index (χ1) is 21.0. The molecule has 5 heterocycles. The Morgan fingerprint density at radius 3 is 2.59 bits per heavy atom. The largest absolute Gasteiger partial charge is 0.490 e. The lowest BCUT2D eigenvalue weighted by Crippen LogP contribution is -2.38. The first kappa shape index (κ1) is 30.6. The summed E-state index contributed by atoms with van der Waals surface area (Å²) in [6.45, 7) is 7.26. The van der Waals surface area contributed by atoms with Crippen LogP contribution in [0.4, 0.5) is 19.0 Å². The second kappa shape index (κ2) is 12.8. The van der Waals surface area contributed by atoms with Crippen molar-refractivity contribution in [1.29, 1.82) is 0 Å². The van der Waals surface area contributed by atoms with Gasteiger partial charge in [-0.3, -0.25) is 14.4 Å². The van der Waals surface area contributed by atoms with Crippen LogP contribution in [0.15, 0.2) is 48.0 Å². The predicted octanol–water partition coefficient (Wildman–Crippen LogP) is 2.90. The standard InChI is InChI=1S/C26H29N9O2.C2HF3O2/c1-16-10-23(36)32-33-24(16)17-2-3-21-22(12-17)31-26(30-21)20-11-18(13-28-25(20)27)19-14-29-35(15-19)5-4-34-6-8-37-9-7-34;3-2(4,5)1(6)7/h2-3,11-16H,4-10H2,1H3,(H2,27,28)(H,30,31)(H,32,36);(H,6,7). The van der Waals surface area contributed by atoms with Crippen LogP contribution in [-0.2, 0) is 20.9 Å². The highest BCUT2D eigenvalue weighted by Gasteiger charge is 2.38. The van der Waals surface area contributed by atoms with E-state index in [0.29, 0.717) is 18.1 Å². The third-order valence-corrected chi connectivity index (χ3v) is 7.17. The van der Waals surface area contributed by atoms with Gasteiger partial charge in [0.2, 0.25) is 5.91 Å². The third kappa shape index (κ3) is 7.20. The summed E-state index contributed by atoms with van der Waals surface area (Å²) in [7, 11) is 0. The number of nitrogen functional groups attached to an aromatic ring is 1. The van der Waals surface area contributed by atoms with Crippen molar-refractivity contribution < 1.29 is 32.6 Å². The maximum Gasteiger partial charge on any atom is 0.490 e. The lowest BCUT2D eigenvalue weighted by atomic mass is 9.94. The van der Waals surface area contributed by atoms with Crippen LogP contribution < -0.4 is 11.2 Å². The van der Waals surface area contributed by atoms with Crippen LogP contribution >= 0.6 is 0 Å². The van der Waals surface area contributed by atoms with Gasteiger partial charge in [-0.05, 0) is 18.2 Å². The molecule has 5 N–H and O–H groups in total. The number of amides is 1. The Morgan fingerprint density at radius 1 is 1.14 bits per heavy atom. The summed E-state index contributed by atoms with van der Waals surface area (Å²) in [5.74, 6) is -1.74. The minimum Gasteiger partial charge on any atom is -0.475 e. The molecular formula is C28H30F3N9O4. The number of aromatic nitrogens is 5. The molecule has 0 aliphatic carbocycles. The van der Waals surface area contributed by atoms with Crippen LogP contribution in [0.2, 0.25) is 0 Å². The fourth-order valence-corrected chi connectivity index (χ4v) is 4.82. The number of pyridine rings is 1. The number of anilines is 1. The van der Waals surface area contributed by atoms with Crippen LogP contribution in [0, 0.1) is 5.92 Å². The van der Waals surface area contributed by atoms with Gasteiger partial charge < -0.3 is 20.6 Å². The van der Waals surface area contributed by atoms with Crippen molar-refractivity contribution in [3.8, 4) is 22.5 Å². The lowest BCUT2D eigenvalue weighted by molar-refractivity contribution is -0.192. The third-order valence-electron chi connectivity index (χ3n) is 7.17. The minimum atomic E-state index is -5.08. The van der Waals surface area contributed by atoms with E-state index >= 15 is 0 Å². The fraction of sp³-hybridized carbons (Fsp3) is 0.357. The van der Waals surface area contributed by atoms with E-state index in [9.17, 15) is 18.0 Å². The molecule has 0 bridgehead atoms. The summed E-state index contributed by atoms with van der Waals surface area (Å²) < 4.78 is 39.1. The van der Waals surface area contributed by atoms with Gasteiger partial charge >= 0.3 is 12.1 Å². The first-order valence-electron chi connectivity index (χ1n) is 13.7. The number of hydrogen-bond acceptors (Lipinski definition) is 9. The van der Waals surface area contributed by atoms with Gasteiger partial charge in [0.1, 0.15) is 11.6 Å².